The van der Waals surface area contributed by atoms with Crippen molar-refractivity contribution < 1.29 is 23.6 Å². The molecule has 3 rings (SSSR count). The zero-order valence-electron chi connectivity index (χ0n) is 16.0. The molecule has 1 aliphatic rings. The molecule has 5 nitrogen and oxygen atoms in total. The second kappa shape index (κ2) is 8.74. The van der Waals surface area contributed by atoms with Crippen LogP contribution in [0.1, 0.15) is 24.0 Å². The lowest BCUT2D eigenvalue weighted by molar-refractivity contribution is -0.175. The molecule has 1 saturated heterocycles. The Balaban J connectivity index is 1.72. The SMILES string of the molecule is CP1(=O)CCC(C(=O)OCc2ccccc2)(C(=O)OCc2ccccc2)CC1. The van der Waals surface area contributed by atoms with Crippen molar-refractivity contribution in [1.82, 2.24) is 0 Å². The topological polar surface area (TPSA) is 69.7 Å². The second-order valence-electron chi connectivity index (χ2n) is 7.45. The number of hydrogen-bond donors (Lipinski definition) is 0. The number of hydrogen-bond acceptors (Lipinski definition) is 5. The Morgan fingerprint density at radius 2 is 1.21 bits per heavy atom. The molecule has 0 atom stereocenters. The first-order valence-corrected chi connectivity index (χ1v) is 11.9. The summed E-state index contributed by atoms with van der Waals surface area (Å²) >= 11 is 0. The maximum atomic E-state index is 12.9. The lowest BCUT2D eigenvalue weighted by Crippen LogP contribution is -2.45. The lowest BCUT2D eigenvalue weighted by Gasteiger charge is -2.35. The van der Waals surface area contributed by atoms with Gasteiger partial charge in [-0.2, -0.15) is 0 Å². The molecular formula is C22H25O5P. The first-order valence-electron chi connectivity index (χ1n) is 9.39. The maximum Gasteiger partial charge on any atom is 0.323 e. The van der Waals surface area contributed by atoms with Crippen LogP contribution < -0.4 is 0 Å². The minimum atomic E-state index is -2.32. The van der Waals surface area contributed by atoms with Gasteiger partial charge >= 0.3 is 11.9 Å². The Morgan fingerprint density at radius 3 is 1.61 bits per heavy atom. The average molecular weight is 400 g/mol. The number of carbonyl (C=O) groups excluding carboxylic acids is 2. The van der Waals surface area contributed by atoms with Gasteiger partial charge in [0.15, 0.2) is 5.41 Å². The fourth-order valence-electron chi connectivity index (χ4n) is 3.31. The van der Waals surface area contributed by atoms with E-state index in [9.17, 15) is 14.2 Å². The minimum absolute atomic E-state index is 0.0944. The van der Waals surface area contributed by atoms with Gasteiger partial charge in [0.05, 0.1) is 7.14 Å². The minimum Gasteiger partial charge on any atom is -0.460 e. The summed E-state index contributed by atoms with van der Waals surface area (Å²) in [6, 6.07) is 18.6. The largest absolute Gasteiger partial charge is 0.460 e. The fourth-order valence-corrected chi connectivity index (χ4v) is 5.24. The number of rotatable bonds is 6. The predicted molar refractivity (Wildman–Crippen MR) is 107 cm³/mol. The Kier molecular flexibility index (Phi) is 6.35. The quantitative estimate of drug-likeness (QED) is 0.412. The van der Waals surface area contributed by atoms with Crippen molar-refractivity contribution in [3.8, 4) is 0 Å². The van der Waals surface area contributed by atoms with Crippen LogP contribution in [-0.2, 0) is 36.8 Å². The van der Waals surface area contributed by atoms with Crippen molar-refractivity contribution >= 4 is 19.1 Å². The summed E-state index contributed by atoms with van der Waals surface area (Å²) in [5, 5.41) is 0. The highest BCUT2D eigenvalue weighted by atomic mass is 31.2. The molecule has 0 radical (unpaired) electrons. The number of carbonyl (C=O) groups is 2. The standard InChI is InChI=1S/C22H25O5P/c1-28(25)14-12-22(13-15-28,20(23)26-16-18-8-4-2-5-9-18)21(24)27-17-19-10-6-3-7-11-19/h2-11H,12-17H2,1H3. The molecule has 1 heterocycles. The first-order chi connectivity index (χ1) is 13.4. The van der Waals surface area contributed by atoms with Crippen LogP contribution in [0.25, 0.3) is 0 Å². The Hall–Kier alpha value is -2.39. The van der Waals surface area contributed by atoms with Crippen LogP contribution >= 0.6 is 7.14 Å². The van der Waals surface area contributed by atoms with E-state index >= 15 is 0 Å². The smallest absolute Gasteiger partial charge is 0.323 e. The van der Waals surface area contributed by atoms with Crippen LogP contribution in [0.3, 0.4) is 0 Å². The maximum absolute atomic E-state index is 12.9. The molecule has 0 N–H and O–H groups in total. The highest BCUT2D eigenvalue weighted by Gasteiger charge is 2.52. The van der Waals surface area contributed by atoms with Crippen molar-refractivity contribution in [2.45, 2.75) is 26.1 Å². The number of benzene rings is 2. The van der Waals surface area contributed by atoms with Crippen molar-refractivity contribution in [2.24, 2.45) is 5.41 Å². The van der Waals surface area contributed by atoms with Crippen LogP contribution in [0, 0.1) is 5.41 Å². The molecule has 0 aromatic heterocycles. The Bertz CT molecular complexity index is 794. The highest BCUT2D eigenvalue weighted by Crippen LogP contribution is 2.53. The van der Waals surface area contributed by atoms with Gasteiger partial charge in [-0.15, -0.1) is 0 Å². The van der Waals surface area contributed by atoms with Gasteiger partial charge in [-0.25, -0.2) is 0 Å². The van der Waals surface area contributed by atoms with Crippen LogP contribution in [0.15, 0.2) is 60.7 Å². The normalized spacial score (nSPS) is 17.5. The van der Waals surface area contributed by atoms with Crippen molar-refractivity contribution in [3.63, 3.8) is 0 Å². The summed E-state index contributed by atoms with van der Waals surface area (Å²) in [5.74, 6) is -1.18. The van der Waals surface area contributed by atoms with Gasteiger partial charge in [0.2, 0.25) is 0 Å². The molecule has 0 spiro atoms. The molecule has 0 unspecified atom stereocenters. The third-order valence-corrected chi connectivity index (χ3v) is 7.57. The molecule has 1 fully saturated rings. The van der Waals surface area contributed by atoms with E-state index in [1.807, 2.05) is 60.7 Å². The summed E-state index contributed by atoms with van der Waals surface area (Å²) in [5.41, 5.74) is 0.314. The van der Waals surface area contributed by atoms with Crippen molar-refractivity contribution in [2.75, 3.05) is 19.0 Å². The van der Waals surface area contributed by atoms with E-state index in [0.29, 0.717) is 12.3 Å². The highest BCUT2D eigenvalue weighted by molar-refractivity contribution is 7.63. The van der Waals surface area contributed by atoms with E-state index in [-0.39, 0.29) is 26.1 Å². The summed E-state index contributed by atoms with van der Waals surface area (Å²) in [6.07, 6.45) is 1.08. The number of ether oxygens (including phenoxy) is 2. The van der Waals surface area contributed by atoms with Gasteiger partial charge in [-0.05, 0) is 30.6 Å². The molecule has 28 heavy (non-hydrogen) atoms. The Morgan fingerprint density at radius 1 is 0.821 bits per heavy atom. The van der Waals surface area contributed by atoms with Crippen molar-refractivity contribution in [3.05, 3.63) is 71.8 Å². The number of esters is 2. The van der Waals surface area contributed by atoms with Gasteiger partial charge in [-0.1, -0.05) is 60.7 Å². The molecule has 2 aromatic carbocycles. The van der Waals surface area contributed by atoms with E-state index in [2.05, 4.69) is 0 Å². The molecule has 0 saturated carbocycles. The molecule has 0 amide bonds. The molecular weight excluding hydrogens is 375 g/mol. The van der Waals surface area contributed by atoms with E-state index in [4.69, 9.17) is 9.47 Å². The molecule has 0 aliphatic carbocycles. The van der Waals surface area contributed by atoms with E-state index in [0.717, 1.165) is 11.1 Å². The first kappa shape index (κ1) is 20.3. The van der Waals surface area contributed by atoms with Crippen LogP contribution in [-0.4, -0.2) is 30.9 Å². The lowest BCUT2D eigenvalue weighted by atomic mass is 9.82. The van der Waals surface area contributed by atoms with Crippen LogP contribution in [0.2, 0.25) is 0 Å². The van der Waals surface area contributed by atoms with Gasteiger partial charge in [0.25, 0.3) is 0 Å². The molecule has 148 valence electrons. The third kappa shape index (κ3) is 4.90. The van der Waals surface area contributed by atoms with Gasteiger partial charge in [0, 0.05) is 12.3 Å². The van der Waals surface area contributed by atoms with E-state index in [1.54, 1.807) is 6.66 Å². The molecule has 0 bridgehead atoms. The summed E-state index contributed by atoms with van der Waals surface area (Å²) in [6.45, 7) is 1.91. The van der Waals surface area contributed by atoms with Gasteiger partial charge in [0.1, 0.15) is 13.2 Å². The van der Waals surface area contributed by atoms with E-state index < -0.39 is 24.5 Å². The molecule has 1 aliphatic heterocycles. The molecule has 6 heteroatoms. The zero-order valence-corrected chi connectivity index (χ0v) is 16.9. The fraction of sp³-hybridized carbons (Fsp3) is 0.364. The van der Waals surface area contributed by atoms with Gasteiger partial charge < -0.3 is 14.0 Å². The van der Waals surface area contributed by atoms with Crippen LogP contribution in [0.5, 0.6) is 0 Å². The van der Waals surface area contributed by atoms with Gasteiger partial charge in [-0.3, -0.25) is 9.59 Å². The van der Waals surface area contributed by atoms with E-state index in [1.165, 1.54) is 0 Å². The Labute approximate surface area is 165 Å². The zero-order chi connectivity index (χ0) is 20.0. The van der Waals surface area contributed by atoms with Crippen LogP contribution in [0.4, 0.5) is 0 Å². The third-order valence-electron chi connectivity index (χ3n) is 5.23. The summed E-state index contributed by atoms with van der Waals surface area (Å²) < 4.78 is 23.4. The molecule has 2 aromatic rings. The summed E-state index contributed by atoms with van der Waals surface area (Å²) in [7, 11) is -2.32. The predicted octanol–water partition coefficient (Wildman–Crippen LogP) is 4.25. The average Bonchev–Trinajstić information content (AvgIpc) is 2.72. The second-order valence-corrected chi connectivity index (χ2v) is 10.9. The summed E-state index contributed by atoms with van der Waals surface area (Å²) in [4.78, 5) is 25.9. The van der Waals surface area contributed by atoms with Crippen molar-refractivity contribution in [1.29, 1.82) is 0 Å². The monoisotopic (exact) mass is 400 g/mol.